The van der Waals surface area contributed by atoms with E-state index in [0.717, 1.165) is 10.0 Å². The van der Waals surface area contributed by atoms with Crippen molar-refractivity contribution in [3.05, 3.63) is 28.0 Å². The van der Waals surface area contributed by atoms with Gasteiger partial charge in [-0.3, -0.25) is 0 Å². The number of aliphatic hydroxyl groups excluding tert-OH is 1. The molecule has 0 heterocycles. The summed E-state index contributed by atoms with van der Waals surface area (Å²) in [5, 5.41) is 11.9. The summed E-state index contributed by atoms with van der Waals surface area (Å²) in [6, 6.07) is 3.13. The lowest BCUT2D eigenvalue weighted by Gasteiger charge is -2.10. The first-order valence-electron chi connectivity index (χ1n) is 4.38. The van der Waals surface area contributed by atoms with E-state index in [2.05, 4.69) is 21.2 Å². The third-order valence-corrected chi connectivity index (χ3v) is 2.69. The summed E-state index contributed by atoms with van der Waals surface area (Å²) in [4.78, 5) is 0. The van der Waals surface area contributed by atoms with Crippen LogP contribution in [0.3, 0.4) is 0 Å². The number of aliphatic hydroxyl groups is 1. The highest BCUT2D eigenvalue weighted by atomic mass is 79.9. The van der Waals surface area contributed by atoms with E-state index < -0.39 is 6.10 Å². The molecule has 14 heavy (non-hydrogen) atoms. The smallest absolute Gasteiger partial charge is 0.147 e. The van der Waals surface area contributed by atoms with E-state index in [4.69, 9.17) is 5.11 Å². The number of rotatable bonds is 3. The molecule has 0 aliphatic rings. The number of aryl methyl sites for hydroxylation is 1. The number of nitrogens with one attached hydrogen (secondary N) is 1. The lowest BCUT2D eigenvalue weighted by Crippen LogP contribution is -2.16. The maximum absolute atomic E-state index is 13.3. The monoisotopic (exact) mass is 261 g/mol. The van der Waals surface area contributed by atoms with Gasteiger partial charge in [-0.1, -0.05) is 15.9 Å². The maximum Gasteiger partial charge on any atom is 0.147 e. The lowest BCUT2D eigenvalue weighted by atomic mass is 10.2. The average Bonchev–Trinajstić information content (AvgIpc) is 2.09. The Morgan fingerprint density at radius 1 is 1.57 bits per heavy atom. The zero-order valence-corrected chi connectivity index (χ0v) is 9.73. The van der Waals surface area contributed by atoms with Gasteiger partial charge in [0.05, 0.1) is 11.8 Å². The number of benzene rings is 1. The molecule has 1 atom stereocenters. The number of hydrogen-bond acceptors (Lipinski definition) is 2. The van der Waals surface area contributed by atoms with Gasteiger partial charge in [-0.2, -0.15) is 0 Å². The first-order chi connectivity index (χ1) is 6.50. The second-order valence-corrected chi connectivity index (χ2v) is 4.17. The molecule has 0 radical (unpaired) electrons. The quantitative estimate of drug-likeness (QED) is 0.877. The van der Waals surface area contributed by atoms with E-state index in [1.165, 1.54) is 6.07 Å². The Morgan fingerprint density at radius 3 is 2.79 bits per heavy atom. The van der Waals surface area contributed by atoms with Crippen LogP contribution in [0.2, 0.25) is 0 Å². The van der Waals surface area contributed by atoms with Gasteiger partial charge in [-0.15, -0.1) is 0 Å². The Hall–Kier alpha value is -0.610. The molecular formula is C10H13BrFNO. The first-order valence-corrected chi connectivity index (χ1v) is 5.17. The summed E-state index contributed by atoms with van der Waals surface area (Å²) >= 11 is 3.24. The van der Waals surface area contributed by atoms with Crippen LogP contribution in [0.4, 0.5) is 10.1 Å². The van der Waals surface area contributed by atoms with Crippen LogP contribution in [0.15, 0.2) is 16.6 Å². The van der Waals surface area contributed by atoms with Crippen LogP contribution in [0, 0.1) is 12.7 Å². The maximum atomic E-state index is 13.3. The zero-order chi connectivity index (χ0) is 10.7. The third kappa shape index (κ3) is 2.96. The molecule has 1 rings (SSSR count). The molecule has 1 aromatic carbocycles. The van der Waals surface area contributed by atoms with Crippen molar-refractivity contribution in [1.82, 2.24) is 0 Å². The summed E-state index contributed by atoms with van der Waals surface area (Å²) in [7, 11) is 0. The van der Waals surface area contributed by atoms with Crippen LogP contribution in [0.1, 0.15) is 12.5 Å². The third-order valence-electron chi connectivity index (χ3n) is 1.84. The molecule has 2 nitrogen and oxygen atoms in total. The molecule has 1 aromatic rings. The molecule has 2 N–H and O–H groups in total. The van der Waals surface area contributed by atoms with E-state index in [9.17, 15) is 4.39 Å². The van der Waals surface area contributed by atoms with E-state index in [1.54, 1.807) is 13.0 Å². The zero-order valence-electron chi connectivity index (χ0n) is 8.14. The van der Waals surface area contributed by atoms with Crippen molar-refractivity contribution in [3.63, 3.8) is 0 Å². The summed E-state index contributed by atoms with van der Waals surface area (Å²) in [6.45, 7) is 3.88. The van der Waals surface area contributed by atoms with Gasteiger partial charge >= 0.3 is 0 Å². The number of anilines is 1. The molecular weight excluding hydrogens is 249 g/mol. The van der Waals surface area contributed by atoms with Crippen molar-refractivity contribution in [2.24, 2.45) is 0 Å². The Labute approximate surface area is 91.3 Å². The van der Waals surface area contributed by atoms with Gasteiger partial charge in [0, 0.05) is 11.0 Å². The fourth-order valence-corrected chi connectivity index (χ4v) is 1.37. The van der Waals surface area contributed by atoms with E-state index in [-0.39, 0.29) is 5.82 Å². The van der Waals surface area contributed by atoms with Crippen LogP contribution in [-0.2, 0) is 0 Å². The van der Waals surface area contributed by atoms with Crippen molar-refractivity contribution in [2.45, 2.75) is 20.0 Å². The van der Waals surface area contributed by atoms with Crippen LogP contribution < -0.4 is 5.32 Å². The van der Waals surface area contributed by atoms with Gasteiger partial charge in [0.2, 0.25) is 0 Å². The van der Waals surface area contributed by atoms with Crippen molar-refractivity contribution in [3.8, 4) is 0 Å². The Bertz CT molecular complexity index is 328. The minimum absolute atomic E-state index is 0.317. The summed E-state index contributed by atoms with van der Waals surface area (Å²) in [6.07, 6.45) is -0.488. The first kappa shape index (κ1) is 11.5. The predicted molar refractivity (Wildman–Crippen MR) is 59.0 cm³/mol. The topological polar surface area (TPSA) is 32.3 Å². The molecule has 4 heteroatoms. The summed E-state index contributed by atoms with van der Waals surface area (Å²) < 4.78 is 14.1. The second kappa shape index (κ2) is 4.75. The normalized spacial score (nSPS) is 12.6. The second-order valence-electron chi connectivity index (χ2n) is 3.31. The molecule has 78 valence electrons. The van der Waals surface area contributed by atoms with E-state index in [0.29, 0.717) is 12.2 Å². The summed E-state index contributed by atoms with van der Waals surface area (Å²) in [5.74, 6) is -0.317. The van der Waals surface area contributed by atoms with Crippen LogP contribution in [-0.4, -0.2) is 17.8 Å². The number of halogens is 2. The average molecular weight is 262 g/mol. The van der Waals surface area contributed by atoms with Gasteiger partial charge < -0.3 is 10.4 Å². The highest BCUT2D eigenvalue weighted by Crippen LogP contribution is 2.23. The lowest BCUT2D eigenvalue weighted by molar-refractivity contribution is 0.208. The highest BCUT2D eigenvalue weighted by Gasteiger charge is 2.05. The molecule has 0 spiro atoms. The molecule has 0 aliphatic carbocycles. The molecule has 0 aromatic heterocycles. The molecule has 0 aliphatic heterocycles. The number of hydrogen-bond donors (Lipinski definition) is 2. The van der Waals surface area contributed by atoms with E-state index in [1.807, 2.05) is 6.92 Å². The molecule has 0 bridgehead atoms. The largest absolute Gasteiger partial charge is 0.392 e. The standard InChI is InChI=1S/C10H13BrFNO/c1-6-3-10(13-5-7(2)14)9(12)4-8(6)11/h3-4,7,13-14H,5H2,1-2H3. The van der Waals surface area contributed by atoms with Crippen LogP contribution in [0.5, 0.6) is 0 Å². The molecule has 1 unspecified atom stereocenters. The van der Waals surface area contributed by atoms with Crippen molar-refractivity contribution < 1.29 is 9.50 Å². The van der Waals surface area contributed by atoms with Crippen molar-refractivity contribution in [2.75, 3.05) is 11.9 Å². The van der Waals surface area contributed by atoms with Gasteiger partial charge in [0.25, 0.3) is 0 Å². The molecule has 0 saturated heterocycles. The molecule has 0 fully saturated rings. The predicted octanol–water partition coefficient (Wildman–Crippen LogP) is 2.69. The van der Waals surface area contributed by atoms with Crippen LogP contribution in [0.25, 0.3) is 0 Å². The van der Waals surface area contributed by atoms with Gasteiger partial charge in [0.15, 0.2) is 0 Å². The van der Waals surface area contributed by atoms with Gasteiger partial charge in [0.1, 0.15) is 5.82 Å². The van der Waals surface area contributed by atoms with Crippen molar-refractivity contribution >= 4 is 21.6 Å². The Kier molecular flexibility index (Phi) is 3.89. The minimum Gasteiger partial charge on any atom is -0.392 e. The van der Waals surface area contributed by atoms with Gasteiger partial charge in [-0.05, 0) is 31.5 Å². The molecule has 0 saturated carbocycles. The van der Waals surface area contributed by atoms with Crippen LogP contribution >= 0.6 is 15.9 Å². The minimum atomic E-state index is -0.488. The fourth-order valence-electron chi connectivity index (χ4n) is 1.05. The Balaban J connectivity index is 2.82. The SMILES string of the molecule is Cc1cc(NCC(C)O)c(F)cc1Br. The summed E-state index contributed by atoms with van der Waals surface area (Å²) in [5.41, 5.74) is 1.38. The van der Waals surface area contributed by atoms with Gasteiger partial charge in [-0.25, -0.2) is 4.39 Å². The fraction of sp³-hybridized carbons (Fsp3) is 0.400. The molecule has 0 amide bonds. The van der Waals surface area contributed by atoms with Crippen molar-refractivity contribution in [1.29, 1.82) is 0 Å². The van der Waals surface area contributed by atoms with E-state index >= 15 is 0 Å². The Morgan fingerprint density at radius 2 is 2.21 bits per heavy atom. The highest BCUT2D eigenvalue weighted by molar-refractivity contribution is 9.10.